The zero-order valence-corrected chi connectivity index (χ0v) is 20.0. The van der Waals surface area contributed by atoms with Crippen LogP contribution in [0.5, 0.6) is 5.75 Å². The van der Waals surface area contributed by atoms with Gasteiger partial charge in [0.15, 0.2) is 5.75 Å². The summed E-state index contributed by atoms with van der Waals surface area (Å²) in [6, 6.07) is 28.6. The first-order chi connectivity index (χ1) is 17.5. The quantitative estimate of drug-likeness (QED) is 0.255. The number of aromatic nitrogens is 1. The minimum atomic E-state index is -0.282. The van der Waals surface area contributed by atoms with Gasteiger partial charge in [0.2, 0.25) is 0 Å². The molecule has 36 heavy (non-hydrogen) atoms. The summed E-state index contributed by atoms with van der Waals surface area (Å²) < 4.78 is 22.2. The lowest BCUT2D eigenvalue weighted by Gasteiger charge is -2.18. The van der Waals surface area contributed by atoms with Gasteiger partial charge in [-0.3, -0.25) is 0 Å². The predicted octanol–water partition coefficient (Wildman–Crippen LogP) is 7.16. The van der Waals surface area contributed by atoms with Gasteiger partial charge in [-0.2, -0.15) is 5.26 Å². The summed E-state index contributed by atoms with van der Waals surface area (Å²) in [5.74, 6) is 0.190. The van der Waals surface area contributed by atoms with Crippen molar-refractivity contribution in [2.75, 3.05) is 11.1 Å². The molecule has 0 saturated carbocycles. The summed E-state index contributed by atoms with van der Waals surface area (Å²) in [6.45, 7) is 3.92. The normalized spacial score (nSPS) is 10.8. The number of rotatable bonds is 6. The monoisotopic (exact) mass is 476 g/mol. The molecule has 3 N–H and O–H groups in total. The average molecular weight is 477 g/mol. The number of nitrogens with zero attached hydrogens (tertiary/aromatic N) is 2. The van der Waals surface area contributed by atoms with Crippen LogP contribution < -0.4 is 15.8 Å². The van der Waals surface area contributed by atoms with Gasteiger partial charge in [-0.15, -0.1) is 0 Å². The van der Waals surface area contributed by atoms with Crippen molar-refractivity contribution in [3.8, 4) is 17.5 Å². The largest absolute Gasteiger partial charge is 0.485 e. The maximum atomic E-state index is 14.0. The second-order valence-electron chi connectivity index (χ2n) is 8.67. The topological polar surface area (TPSA) is 76.0 Å². The molecule has 5 rings (SSSR count). The molecule has 178 valence electrons. The van der Waals surface area contributed by atoms with Gasteiger partial charge in [0.1, 0.15) is 18.5 Å². The number of halogens is 1. The van der Waals surface area contributed by atoms with Gasteiger partial charge in [0.25, 0.3) is 0 Å². The summed E-state index contributed by atoms with van der Waals surface area (Å²) >= 11 is 0. The summed E-state index contributed by atoms with van der Waals surface area (Å²) in [5, 5.41) is 14.4. The first-order valence-electron chi connectivity index (χ1n) is 11.6. The average Bonchev–Trinajstić information content (AvgIpc) is 3.17. The van der Waals surface area contributed by atoms with Crippen LogP contribution in [0.3, 0.4) is 0 Å². The van der Waals surface area contributed by atoms with Gasteiger partial charge in [-0.1, -0.05) is 48.5 Å². The van der Waals surface area contributed by atoms with E-state index < -0.39 is 0 Å². The molecule has 0 fully saturated rings. The Morgan fingerprint density at radius 1 is 0.972 bits per heavy atom. The molecule has 0 saturated heterocycles. The first kappa shape index (κ1) is 23.0. The van der Waals surface area contributed by atoms with E-state index >= 15 is 0 Å². The number of ether oxygens (including phenoxy) is 1. The third kappa shape index (κ3) is 4.12. The van der Waals surface area contributed by atoms with Gasteiger partial charge in [0.05, 0.1) is 22.5 Å². The van der Waals surface area contributed by atoms with Crippen molar-refractivity contribution in [3.63, 3.8) is 0 Å². The highest BCUT2D eigenvalue weighted by atomic mass is 19.1. The third-order valence-corrected chi connectivity index (χ3v) is 6.26. The maximum Gasteiger partial charge on any atom is 0.166 e. The number of nitrogens with one attached hydrogen (secondary N) is 1. The number of fused-ring (bicyclic) bond motifs is 1. The van der Waals surface area contributed by atoms with Crippen molar-refractivity contribution >= 4 is 28.0 Å². The molecule has 1 aromatic heterocycles. The number of nitriles is 1. The van der Waals surface area contributed by atoms with Crippen molar-refractivity contribution in [2.45, 2.75) is 20.5 Å². The van der Waals surface area contributed by atoms with Crippen LogP contribution in [0, 0.1) is 31.0 Å². The zero-order valence-electron chi connectivity index (χ0n) is 20.0. The van der Waals surface area contributed by atoms with E-state index in [0.29, 0.717) is 40.2 Å². The smallest absolute Gasteiger partial charge is 0.166 e. The van der Waals surface area contributed by atoms with Crippen LogP contribution >= 0.6 is 0 Å². The molecule has 0 unspecified atom stereocenters. The van der Waals surface area contributed by atoms with Crippen LogP contribution in [0.4, 0.5) is 21.5 Å². The van der Waals surface area contributed by atoms with Crippen LogP contribution in [0.25, 0.3) is 16.6 Å². The van der Waals surface area contributed by atoms with E-state index in [4.69, 9.17) is 10.5 Å². The summed E-state index contributed by atoms with van der Waals surface area (Å²) in [7, 11) is 0. The fraction of sp³-hybridized carbons (Fsp3) is 0.100. The van der Waals surface area contributed by atoms with Gasteiger partial charge < -0.3 is 20.4 Å². The summed E-state index contributed by atoms with van der Waals surface area (Å²) in [6.07, 6.45) is 0. The number of hydrogen-bond acceptors (Lipinski definition) is 4. The van der Waals surface area contributed by atoms with Gasteiger partial charge >= 0.3 is 0 Å². The molecule has 0 atom stereocenters. The highest BCUT2D eigenvalue weighted by Gasteiger charge is 2.24. The Morgan fingerprint density at radius 2 is 1.67 bits per heavy atom. The van der Waals surface area contributed by atoms with E-state index in [0.717, 1.165) is 28.1 Å². The van der Waals surface area contributed by atoms with Crippen LogP contribution in [0.1, 0.15) is 22.4 Å². The van der Waals surface area contributed by atoms with Crippen LogP contribution in [0.2, 0.25) is 0 Å². The molecule has 0 aliphatic carbocycles. The molecule has 1 heterocycles. The molecule has 6 heteroatoms. The Morgan fingerprint density at radius 3 is 2.33 bits per heavy atom. The minimum absolute atomic E-state index is 0.282. The zero-order chi connectivity index (χ0) is 25.2. The van der Waals surface area contributed by atoms with E-state index in [1.165, 1.54) is 6.07 Å². The molecule has 0 spiro atoms. The second-order valence-corrected chi connectivity index (χ2v) is 8.67. The molecule has 0 aliphatic heterocycles. The third-order valence-electron chi connectivity index (χ3n) is 6.26. The van der Waals surface area contributed by atoms with Crippen molar-refractivity contribution in [3.05, 3.63) is 113 Å². The van der Waals surface area contributed by atoms with E-state index in [1.54, 1.807) is 19.1 Å². The number of nitrogens with two attached hydrogens (primary N) is 1. The number of benzene rings is 4. The lowest BCUT2D eigenvalue weighted by molar-refractivity contribution is 0.310. The van der Waals surface area contributed by atoms with Crippen molar-refractivity contribution < 1.29 is 9.13 Å². The molecule has 0 aliphatic rings. The molecule has 4 aromatic carbocycles. The fourth-order valence-corrected chi connectivity index (χ4v) is 4.48. The van der Waals surface area contributed by atoms with Gasteiger partial charge in [0, 0.05) is 22.5 Å². The minimum Gasteiger partial charge on any atom is -0.485 e. The van der Waals surface area contributed by atoms with E-state index in [2.05, 4.69) is 11.4 Å². The van der Waals surface area contributed by atoms with Crippen LogP contribution in [0.15, 0.2) is 84.9 Å². The summed E-state index contributed by atoms with van der Waals surface area (Å²) in [4.78, 5) is 0. The van der Waals surface area contributed by atoms with E-state index in [1.807, 2.05) is 78.2 Å². The highest BCUT2D eigenvalue weighted by molar-refractivity contribution is 6.06. The lowest BCUT2D eigenvalue weighted by Crippen LogP contribution is -2.04. The molecular formula is C30H25FN4O. The standard InChI is InChI=1S/C30H25FN4O/c1-19-15-23(13-14-25(19)31)35-20(2)24(17-32)28-27(35)16-26(33)30(36-18-21-9-5-3-6-10-21)29(28)34-22-11-7-4-8-12-22/h3-16,34H,18,33H2,1-2H3. The highest BCUT2D eigenvalue weighted by Crippen LogP contribution is 2.45. The second kappa shape index (κ2) is 9.47. The fourth-order valence-electron chi connectivity index (χ4n) is 4.48. The Balaban J connectivity index is 1.76. The summed E-state index contributed by atoms with van der Waals surface area (Å²) in [5.41, 5.74) is 12.7. The molecule has 5 nitrogen and oxygen atoms in total. The molecular weight excluding hydrogens is 451 g/mol. The van der Waals surface area contributed by atoms with Crippen molar-refractivity contribution in [2.24, 2.45) is 0 Å². The lowest BCUT2D eigenvalue weighted by atomic mass is 10.1. The maximum absolute atomic E-state index is 14.0. The molecule has 5 aromatic rings. The predicted molar refractivity (Wildman–Crippen MR) is 142 cm³/mol. The molecule has 0 radical (unpaired) electrons. The molecule has 0 amide bonds. The SMILES string of the molecule is Cc1cc(-n2c(C)c(C#N)c3c(Nc4ccccc4)c(OCc4ccccc4)c(N)cc32)ccc1F. The number of aryl methyl sites for hydroxylation is 1. The number of para-hydroxylation sites is 1. The Bertz CT molecular complexity index is 1600. The van der Waals surface area contributed by atoms with Crippen molar-refractivity contribution in [1.82, 2.24) is 4.57 Å². The van der Waals surface area contributed by atoms with Crippen molar-refractivity contribution in [1.29, 1.82) is 5.26 Å². The van der Waals surface area contributed by atoms with E-state index in [9.17, 15) is 9.65 Å². The van der Waals surface area contributed by atoms with Gasteiger partial charge in [-0.05, 0) is 61.4 Å². The number of anilines is 3. The Labute approximate surface area is 209 Å². The number of hydrogen-bond donors (Lipinski definition) is 2. The number of nitrogen functional groups attached to an aromatic ring is 1. The molecule has 0 bridgehead atoms. The van der Waals surface area contributed by atoms with Crippen LogP contribution in [-0.2, 0) is 6.61 Å². The van der Waals surface area contributed by atoms with E-state index in [-0.39, 0.29) is 5.82 Å². The Hall–Kier alpha value is -4.76. The Kier molecular flexibility index (Phi) is 6.05. The van der Waals surface area contributed by atoms with Gasteiger partial charge in [-0.25, -0.2) is 4.39 Å². The van der Waals surface area contributed by atoms with Crippen LogP contribution in [-0.4, -0.2) is 4.57 Å². The first-order valence-corrected chi connectivity index (χ1v) is 11.6.